The summed E-state index contributed by atoms with van der Waals surface area (Å²) in [5.41, 5.74) is 1.36. The Morgan fingerprint density at radius 1 is 1.00 bits per heavy atom. The lowest BCUT2D eigenvalue weighted by molar-refractivity contribution is -0.157. The lowest BCUT2D eigenvalue weighted by atomic mass is 10.0. The Bertz CT molecular complexity index is 726. The van der Waals surface area contributed by atoms with Crippen molar-refractivity contribution in [3.05, 3.63) is 54.1 Å². The smallest absolute Gasteiger partial charge is 0.344 e. The summed E-state index contributed by atoms with van der Waals surface area (Å²) in [4.78, 5) is 22.6. The largest absolute Gasteiger partial charge is 0.482 e. The van der Waals surface area contributed by atoms with Gasteiger partial charge >= 0.3 is 11.9 Å². The van der Waals surface area contributed by atoms with Crippen molar-refractivity contribution in [2.24, 2.45) is 0 Å². The molecule has 126 valence electrons. The molecule has 24 heavy (non-hydrogen) atoms. The molecule has 0 fully saturated rings. The Morgan fingerprint density at radius 2 is 1.67 bits per heavy atom. The van der Waals surface area contributed by atoms with Crippen molar-refractivity contribution < 1.29 is 24.2 Å². The van der Waals surface area contributed by atoms with Crippen LogP contribution in [0.2, 0.25) is 0 Å². The van der Waals surface area contributed by atoms with Crippen molar-refractivity contribution in [1.82, 2.24) is 0 Å². The number of esters is 1. The third-order valence-electron chi connectivity index (χ3n) is 3.07. The Balaban J connectivity index is 2.02. The first-order valence-corrected chi connectivity index (χ1v) is 7.53. The van der Waals surface area contributed by atoms with Crippen molar-refractivity contribution >= 4 is 11.9 Å². The van der Waals surface area contributed by atoms with E-state index in [1.54, 1.807) is 51.1 Å². The van der Waals surface area contributed by atoms with E-state index in [4.69, 9.17) is 14.6 Å². The van der Waals surface area contributed by atoms with Crippen molar-refractivity contribution in [3.63, 3.8) is 0 Å². The van der Waals surface area contributed by atoms with E-state index in [-0.39, 0.29) is 12.2 Å². The van der Waals surface area contributed by atoms with Gasteiger partial charge in [0, 0.05) is 0 Å². The molecule has 1 N–H and O–H groups in total. The fraction of sp³-hybridized carbons (Fsp3) is 0.263. The van der Waals surface area contributed by atoms with Crippen LogP contribution in [0.15, 0.2) is 48.5 Å². The van der Waals surface area contributed by atoms with E-state index in [1.165, 1.54) is 0 Å². The molecule has 0 amide bonds. The van der Waals surface area contributed by atoms with Crippen molar-refractivity contribution in [2.75, 3.05) is 6.61 Å². The Morgan fingerprint density at radius 3 is 2.25 bits per heavy atom. The van der Waals surface area contributed by atoms with E-state index < -0.39 is 17.5 Å². The minimum atomic E-state index is -0.964. The number of carboxylic acids is 1. The number of ether oxygens (including phenoxy) is 2. The number of rotatable bonds is 5. The van der Waals surface area contributed by atoms with Gasteiger partial charge in [-0.2, -0.15) is 0 Å². The molecule has 2 aromatic rings. The highest BCUT2D eigenvalue weighted by Crippen LogP contribution is 2.23. The second-order valence-corrected chi connectivity index (χ2v) is 6.29. The minimum Gasteiger partial charge on any atom is -0.482 e. The zero-order chi connectivity index (χ0) is 17.7. The highest BCUT2D eigenvalue weighted by Gasteiger charge is 2.16. The molecule has 0 spiro atoms. The summed E-state index contributed by atoms with van der Waals surface area (Å²) in [7, 11) is 0. The van der Waals surface area contributed by atoms with Gasteiger partial charge in [0.05, 0.1) is 5.56 Å². The quantitative estimate of drug-likeness (QED) is 0.846. The van der Waals surface area contributed by atoms with E-state index >= 15 is 0 Å². The van der Waals surface area contributed by atoms with Gasteiger partial charge in [0.1, 0.15) is 11.4 Å². The van der Waals surface area contributed by atoms with Crippen LogP contribution >= 0.6 is 0 Å². The maximum atomic E-state index is 11.6. The zero-order valence-corrected chi connectivity index (χ0v) is 13.9. The molecule has 5 nitrogen and oxygen atoms in total. The van der Waals surface area contributed by atoms with E-state index in [0.29, 0.717) is 5.75 Å². The van der Waals surface area contributed by atoms with Gasteiger partial charge in [0.15, 0.2) is 6.61 Å². The number of benzene rings is 2. The van der Waals surface area contributed by atoms with Crippen LogP contribution in [0.1, 0.15) is 31.1 Å². The maximum absolute atomic E-state index is 11.6. The van der Waals surface area contributed by atoms with E-state index in [1.807, 2.05) is 18.2 Å². The van der Waals surface area contributed by atoms with Gasteiger partial charge in [-0.3, -0.25) is 0 Å². The van der Waals surface area contributed by atoms with Gasteiger partial charge in [-0.1, -0.05) is 24.3 Å². The second kappa shape index (κ2) is 7.17. The molecule has 0 aliphatic heterocycles. The molecule has 0 atom stereocenters. The summed E-state index contributed by atoms with van der Waals surface area (Å²) < 4.78 is 10.6. The predicted molar refractivity (Wildman–Crippen MR) is 90.2 cm³/mol. The molecule has 0 aliphatic rings. The van der Waals surface area contributed by atoms with Crippen molar-refractivity contribution in [3.8, 4) is 16.9 Å². The molecule has 0 unspecified atom stereocenters. The Labute approximate surface area is 140 Å². The highest BCUT2D eigenvalue weighted by molar-refractivity contribution is 5.89. The Hall–Kier alpha value is -2.82. The van der Waals surface area contributed by atoms with Crippen LogP contribution < -0.4 is 4.74 Å². The van der Waals surface area contributed by atoms with Gasteiger partial charge in [0.2, 0.25) is 0 Å². The third-order valence-corrected chi connectivity index (χ3v) is 3.07. The first kappa shape index (κ1) is 17.5. The molecule has 0 aliphatic carbocycles. The van der Waals surface area contributed by atoms with Crippen molar-refractivity contribution in [1.29, 1.82) is 0 Å². The lowest BCUT2D eigenvalue weighted by Crippen LogP contribution is -2.27. The number of hydrogen-bond donors (Lipinski definition) is 1. The fourth-order valence-corrected chi connectivity index (χ4v) is 2.09. The molecule has 2 aromatic carbocycles. The van der Waals surface area contributed by atoms with Crippen LogP contribution in [0.25, 0.3) is 11.1 Å². The molecule has 0 heterocycles. The van der Waals surface area contributed by atoms with E-state index in [2.05, 4.69) is 0 Å². The average molecular weight is 328 g/mol. The minimum absolute atomic E-state index is 0.162. The summed E-state index contributed by atoms with van der Waals surface area (Å²) in [6.07, 6.45) is 0. The summed E-state index contributed by atoms with van der Waals surface area (Å²) >= 11 is 0. The van der Waals surface area contributed by atoms with E-state index in [9.17, 15) is 9.59 Å². The Kier molecular flexibility index (Phi) is 5.24. The lowest BCUT2D eigenvalue weighted by Gasteiger charge is -2.19. The number of aromatic carboxylic acids is 1. The van der Waals surface area contributed by atoms with Crippen molar-refractivity contribution in [2.45, 2.75) is 26.4 Å². The maximum Gasteiger partial charge on any atom is 0.344 e. The van der Waals surface area contributed by atoms with Gasteiger partial charge < -0.3 is 14.6 Å². The number of carbonyl (C=O) groups excluding carboxylic acids is 1. The van der Waals surface area contributed by atoms with Gasteiger partial charge in [-0.15, -0.1) is 0 Å². The number of carboxylic acid groups (broad SMARTS) is 1. The molecule has 5 heteroatoms. The molecule has 0 saturated heterocycles. The first-order chi connectivity index (χ1) is 11.2. The van der Waals surface area contributed by atoms with Gasteiger partial charge in [-0.25, -0.2) is 9.59 Å². The zero-order valence-electron chi connectivity index (χ0n) is 13.9. The monoisotopic (exact) mass is 328 g/mol. The van der Waals surface area contributed by atoms with Crippen LogP contribution in [0.4, 0.5) is 0 Å². The summed E-state index contributed by atoms with van der Waals surface area (Å²) in [5.74, 6) is -0.853. The normalized spacial score (nSPS) is 11.0. The van der Waals surface area contributed by atoms with Crippen LogP contribution in [0.5, 0.6) is 5.75 Å². The molecular formula is C19H20O5. The van der Waals surface area contributed by atoms with E-state index in [0.717, 1.165) is 11.1 Å². The second-order valence-electron chi connectivity index (χ2n) is 6.29. The molecular weight excluding hydrogens is 308 g/mol. The molecule has 0 bridgehead atoms. The average Bonchev–Trinajstić information content (AvgIpc) is 2.52. The number of carbonyl (C=O) groups is 2. The highest BCUT2D eigenvalue weighted by atomic mass is 16.6. The van der Waals surface area contributed by atoms with Crippen LogP contribution in [-0.2, 0) is 9.53 Å². The SMILES string of the molecule is CC(C)(C)OC(=O)COc1ccc(-c2cccc(C(=O)O)c2)cc1. The van der Waals surface area contributed by atoms with Crippen LogP contribution in [-0.4, -0.2) is 29.3 Å². The fourth-order valence-electron chi connectivity index (χ4n) is 2.09. The molecule has 0 radical (unpaired) electrons. The van der Waals surface area contributed by atoms with Crippen LogP contribution in [0.3, 0.4) is 0 Å². The summed E-state index contributed by atoms with van der Waals surface area (Å²) in [6.45, 7) is 5.23. The summed E-state index contributed by atoms with van der Waals surface area (Å²) in [5, 5.41) is 9.04. The number of hydrogen-bond acceptors (Lipinski definition) is 4. The molecule has 0 aromatic heterocycles. The van der Waals surface area contributed by atoms with Gasteiger partial charge in [0.25, 0.3) is 0 Å². The topological polar surface area (TPSA) is 72.8 Å². The van der Waals surface area contributed by atoms with Crippen LogP contribution in [0, 0.1) is 0 Å². The molecule has 2 rings (SSSR count). The molecule has 0 saturated carbocycles. The van der Waals surface area contributed by atoms with Gasteiger partial charge in [-0.05, 0) is 56.2 Å². The third kappa shape index (κ3) is 5.12. The first-order valence-electron chi connectivity index (χ1n) is 7.53. The standard InChI is InChI=1S/C19H20O5/c1-19(2,3)24-17(20)12-23-16-9-7-13(8-10-16)14-5-4-6-15(11-14)18(21)22/h4-11H,12H2,1-3H3,(H,21,22). The summed E-state index contributed by atoms with van der Waals surface area (Å²) in [6, 6.07) is 13.8. The predicted octanol–water partition coefficient (Wildman–Crippen LogP) is 3.77.